The molecule has 0 spiro atoms. The largest absolute Gasteiger partial charge is 0.352 e. The molecule has 1 atom stereocenters. The molecule has 1 saturated carbocycles. The Kier molecular flexibility index (Phi) is 6.08. The molecule has 5 nitrogen and oxygen atoms in total. The van der Waals surface area contributed by atoms with Crippen molar-refractivity contribution in [2.75, 3.05) is 18.4 Å². The minimum absolute atomic E-state index is 0.0292. The van der Waals surface area contributed by atoms with Crippen LogP contribution in [0.3, 0.4) is 0 Å². The molecule has 2 N–H and O–H groups in total. The number of hydrogen-bond donors (Lipinski definition) is 2. The first-order valence-electron chi connectivity index (χ1n) is 9.54. The highest BCUT2D eigenvalue weighted by molar-refractivity contribution is 5.92. The summed E-state index contributed by atoms with van der Waals surface area (Å²) in [6.07, 6.45) is 6.28. The van der Waals surface area contributed by atoms with E-state index in [0.717, 1.165) is 44.5 Å². The Morgan fingerprint density at radius 3 is 2.32 bits per heavy atom. The number of piperidine rings is 1. The first kappa shape index (κ1) is 17.9. The summed E-state index contributed by atoms with van der Waals surface area (Å²) in [5, 5.41) is 6.17. The van der Waals surface area contributed by atoms with Crippen molar-refractivity contribution in [2.24, 2.45) is 5.92 Å². The van der Waals surface area contributed by atoms with Crippen LogP contribution in [0, 0.1) is 5.92 Å². The van der Waals surface area contributed by atoms with Crippen LogP contribution in [0.5, 0.6) is 0 Å². The van der Waals surface area contributed by atoms with E-state index in [9.17, 15) is 9.59 Å². The van der Waals surface area contributed by atoms with Crippen LogP contribution in [0.4, 0.5) is 5.69 Å². The molecule has 5 heteroatoms. The molecular weight excluding hydrogens is 314 g/mol. The van der Waals surface area contributed by atoms with Crippen molar-refractivity contribution in [1.29, 1.82) is 0 Å². The Balaban J connectivity index is 1.44. The van der Waals surface area contributed by atoms with Crippen molar-refractivity contribution in [3.05, 3.63) is 30.3 Å². The molecule has 2 fully saturated rings. The van der Waals surface area contributed by atoms with Gasteiger partial charge in [0.25, 0.3) is 0 Å². The number of nitrogens with one attached hydrogen (secondary N) is 2. The molecule has 0 bridgehead atoms. The summed E-state index contributed by atoms with van der Waals surface area (Å²) in [5.74, 6) is 0.259. The zero-order chi connectivity index (χ0) is 17.6. The molecule has 136 valence electrons. The van der Waals surface area contributed by atoms with Gasteiger partial charge >= 0.3 is 0 Å². The molecule has 0 aromatic heterocycles. The van der Waals surface area contributed by atoms with Gasteiger partial charge in [-0.15, -0.1) is 0 Å². The second-order valence-corrected chi connectivity index (χ2v) is 7.33. The fourth-order valence-electron chi connectivity index (χ4n) is 3.87. The van der Waals surface area contributed by atoms with Gasteiger partial charge in [-0.1, -0.05) is 31.0 Å². The van der Waals surface area contributed by atoms with Crippen molar-refractivity contribution in [1.82, 2.24) is 10.2 Å². The van der Waals surface area contributed by atoms with Gasteiger partial charge in [-0.3, -0.25) is 14.5 Å². The Hall–Kier alpha value is -1.88. The van der Waals surface area contributed by atoms with Crippen LogP contribution in [0.2, 0.25) is 0 Å². The Bertz CT molecular complexity index is 576. The van der Waals surface area contributed by atoms with E-state index in [0.29, 0.717) is 6.04 Å². The predicted molar refractivity (Wildman–Crippen MR) is 99.2 cm³/mol. The van der Waals surface area contributed by atoms with Crippen molar-refractivity contribution in [3.8, 4) is 0 Å². The molecule has 0 radical (unpaired) electrons. The SMILES string of the molecule is C[C@H](C(=O)NC1CCCC1)N1CCC(C(=O)Nc2ccccc2)CC1. The van der Waals surface area contributed by atoms with Crippen LogP contribution in [-0.4, -0.2) is 41.9 Å². The topological polar surface area (TPSA) is 61.4 Å². The van der Waals surface area contributed by atoms with Crippen molar-refractivity contribution in [2.45, 2.75) is 57.5 Å². The van der Waals surface area contributed by atoms with Gasteiger partial charge in [0.1, 0.15) is 0 Å². The summed E-state index contributed by atoms with van der Waals surface area (Å²) in [7, 11) is 0. The van der Waals surface area contributed by atoms with E-state index in [1.165, 1.54) is 12.8 Å². The third-order valence-electron chi connectivity index (χ3n) is 5.57. The smallest absolute Gasteiger partial charge is 0.237 e. The Labute approximate surface area is 150 Å². The lowest BCUT2D eigenvalue weighted by Crippen LogP contribution is -2.50. The summed E-state index contributed by atoms with van der Waals surface area (Å²) in [5.41, 5.74) is 0.847. The minimum Gasteiger partial charge on any atom is -0.352 e. The highest BCUT2D eigenvalue weighted by Gasteiger charge is 2.30. The second-order valence-electron chi connectivity index (χ2n) is 7.33. The number of hydrogen-bond acceptors (Lipinski definition) is 3. The summed E-state index contributed by atoms with van der Waals surface area (Å²) >= 11 is 0. The fraction of sp³-hybridized carbons (Fsp3) is 0.600. The van der Waals surface area contributed by atoms with Crippen molar-refractivity contribution >= 4 is 17.5 Å². The first-order chi connectivity index (χ1) is 12.1. The third-order valence-corrected chi connectivity index (χ3v) is 5.57. The average Bonchev–Trinajstić information content (AvgIpc) is 3.15. The minimum atomic E-state index is -0.112. The molecule has 1 aliphatic heterocycles. The maximum atomic E-state index is 12.4. The normalized spacial score (nSPS) is 21.0. The van der Waals surface area contributed by atoms with Gasteiger partial charge in [0.2, 0.25) is 11.8 Å². The molecule has 1 aromatic carbocycles. The predicted octanol–water partition coefficient (Wildman–Crippen LogP) is 2.78. The number of anilines is 1. The monoisotopic (exact) mass is 343 g/mol. The molecule has 1 heterocycles. The van der Waals surface area contributed by atoms with E-state index in [4.69, 9.17) is 0 Å². The molecule has 1 aliphatic carbocycles. The lowest BCUT2D eigenvalue weighted by atomic mass is 9.94. The zero-order valence-electron chi connectivity index (χ0n) is 15.0. The number of rotatable bonds is 5. The van der Waals surface area contributed by atoms with E-state index >= 15 is 0 Å². The number of carbonyl (C=O) groups excluding carboxylic acids is 2. The quantitative estimate of drug-likeness (QED) is 0.864. The Morgan fingerprint density at radius 1 is 1.04 bits per heavy atom. The lowest BCUT2D eigenvalue weighted by Gasteiger charge is -2.35. The van der Waals surface area contributed by atoms with Crippen LogP contribution in [0.1, 0.15) is 45.4 Å². The number of likely N-dealkylation sites (tertiary alicyclic amines) is 1. The van der Waals surface area contributed by atoms with Gasteiger partial charge in [0, 0.05) is 17.6 Å². The molecule has 1 aromatic rings. The first-order valence-corrected chi connectivity index (χ1v) is 9.54. The lowest BCUT2D eigenvalue weighted by molar-refractivity contribution is -0.127. The maximum absolute atomic E-state index is 12.4. The van der Waals surface area contributed by atoms with Crippen LogP contribution >= 0.6 is 0 Å². The van der Waals surface area contributed by atoms with E-state index in [-0.39, 0.29) is 23.8 Å². The number of amides is 2. The molecule has 2 aliphatic rings. The highest BCUT2D eigenvalue weighted by Crippen LogP contribution is 2.22. The molecule has 1 saturated heterocycles. The maximum Gasteiger partial charge on any atom is 0.237 e. The molecule has 3 rings (SSSR count). The zero-order valence-corrected chi connectivity index (χ0v) is 15.0. The van der Waals surface area contributed by atoms with E-state index in [2.05, 4.69) is 15.5 Å². The van der Waals surface area contributed by atoms with E-state index in [1.807, 2.05) is 37.3 Å². The van der Waals surface area contributed by atoms with Crippen LogP contribution in [0.15, 0.2) is 30.3 Å². The second kappa shape index (κ2) is 8.48. The molecule has 0 unspecified atom stereocenters. The summed E-state index contributed by atoms with van der Waals surface area (Å²) in [4.78, 5) is 27.0. The van der Waals surface area contributed by atoms with Gasteiger partial charge in [-0.05, 0) is 57.8 Å². The number of nitrogens with zero attached hydrogens (tertiary/aromatic N) is 1. The number of benzene rings is 1. The van der Waals surface area contributed by atoms with Crippen molar-refractivity contribution in [3.63, 3.8) is 0 Å². The third kappa shape index (κ3) is 4.82. The summed E-state index contributed by atoms with van der Waals surface area (Å²) < 4.78 is 0. The van der Waals surface area contributed by atoms with Gasteiger partial charge in [-0.25, -0.2) is 0 Å². The van der Waals surface area contributed by atoms with Gasteiger partial charge in [-0.2, -0.15) is 0 Å². The highest BCUT2D eigenvalue weighted by atomic mass is 16.2. The van der Waals surface area contributed by atoms with Gasteiger partial charge in [0.15, 0.2) is 0 Å². The average molecular weight is 343 g/mol. The van der Waals surface area contributed by atoms with Crippen molar-refractivity contribution < 1.29 is 9.59 Å². The van der Waals surface area contributed by atoms with Gasteiger partial charge in [0.05, 0.1) is 6.04 Å². The molecule has 25 heavy (non-hydrogen) atoms. The van der Waals surface area contributed by atoms with E-state index in [1.54, 1.807) is 0 Å². The van der Waals surface area contributed by atoms with Gasteiger partial charge < -0.3 is 10.6 Å². The number of carbonyl (C=O) groups is 2. The van der Waals surface area contributed by atoms with E-state index < -0.39 is 0 Å². The standard InChI is InChI=1S/C20H29N3O2/c1-15(19(24)21-17-9-5-6-10-17)23-13-11-16(12-14-23)20(25)22-18-7-3-2-4-8-18/h2-4,7-8,15-17H,5-6,9-14H2,1H3,(H,21,24)(H,22,25)/t15-/m1/s1. The fourth-order valence-corrected chi connectivity index (χ4v) is 3.87. The summed E-state index contributed by atoms with van der Waals surface area (Å²) in [6, 6.07) is 9.84. The summed E-state index contributed by atoms with van der Waals surface area (Å²) in [6.45, 7) is 3.58. The Morgan fingerprint density at radius 2 is 1.68 bits per heavy atom. The van der Waals surface area contributed by atoms with Crippen LogP contribution in [0.25, 0.3) is 0 Å². The molecule has 2 amide bonds. The number of para-hydroxylation sites is 1. The van der Waals surface area contributed by atoms with Crippen LogP contribution < -0.4 is 10.6 Å². The molecular formula is C20H29N3O2. The van der Waals surface area contributed by atoms with Crippen LogP contribution in [-0.2, 0) is 9.59 Å².